The summed E-state index contributed by atoms with van der Waals surface area (Å²) in [5, 5.41) is 0.648. The minimum absolute atomic E-state index is 0.0532. The lowest BCUT2D eigenvalue weighted by Gasteiger charge is -2.20. The number of carbonyl (C=O) groups is 1. The summed E-state index contributed by atoms with van der Waals surface area (Å²) in [4.78, 5) is 23.7. The molecular weight excluding hydrogens is 424 g/mol. The second-order valence-corrected chi connectivity index (χ2v) is 8.34. The standard InChI is InChI=1S/C24H26N4O3S/c1-3-30-20-6-4-7-21-23(20)26-24(32-21)28(14-5-13-27-15-12-25-17-27)22(29)16-31-19-10-8-18(2)9-11-19/h4,6-12,15,17H,3,5,13-14,16H2,1-2H3. The van der Waals surface area contributed by atoms with E-state index in [1.807, 2.05) is 67.1 Å². The Kier molecular flexibility index (Phi) is 7.01. The van der Waals surface area contributed by atoms with Crippen molar-refractivity contribution in [2.24, 2.45) is 0 Å². The quantitative estimate of drug-likeness (QED) is 0.350. The van der Waals surface area contributed by atoms with Gasteiger partial charge in [0.25, 0.3) is 5.91 Å². The number of aryl methyl sites for hydroxylation is 2. The molecule has 0 aliphatic heterocycles. The third-order valence-electron chi connectivity index (χ3n) is 4.94. The number of thiazole rings is 1. The fourth-order valence-corrected chi connectivity index (χ4v) is 4.34. The maximum absolute atomic E-state index is 13.2. The molecule has 8 heteroatoms. The van der Waals surface area contributed by atoms with Crippen LogP contribution in [0.3, 0.4) is 0 Å². The van der Waals surface area contributed by atoms with Gasteiger partial charge in [-0.05, 0) is 44.5 Å². The number of imidazole rings is 1. The third kappa shape index (κ3) is 5.26. The van der Waals surface area contributed by atoms with Crippen LogP contribution in [0, 0.1) is 6.92 Å². The van der Waals surface area contributed by atoms with E-state index in [-0.39, 0.29) is 12.5 Å². The van der Waals surface area contributed by atoms with Crippen molar-refractivity contribution in [2.45, 2.75) is 26.8 Å². The van der Waals surface area contributed by atoms with Crippen molar-refractivity contribution in [3.05, 3.63) is 66.7 Å². The van der Waals surface area contributed by atoms with Crippen LogP contribution < -0.4 is 14.4 Å². The molecule has 4 aromatic rings. The van der Waals surface area contributed by atoms with E-state index >= 15 is 0 Å². The molecule has 0 radical (unpaired) electrons. The molecule has 2 heterocycles. The Morgan fingerprint density at radius 3 is 2.75 bits per heavy atom. The van der Waals surface area contributed by atoms with E-state index in [1.165, 1.54) is 11.3 Å². The lowest BCUT2D eigenvalue weighted by molar-refractivity contribution is -0.120. The van der Waals surface area contributed by atoms with Gasteiger partial charge in [-0.15, -0.1) is 0 Å². The number of anilines is 1. The highest BCUT2D eigenvalue weighted by atomic mass is 32.1. The third-order valence-corrected chi connectivity index (χ3v) is 5.99. The van der Waals surface area contributed by atoms with Crippen LogP contribution in [0.5, 0.6) is 11.5 Å². The van der Waals surface area contributed by atoms with Crippen LogP contribution in [0.15, 0.2) is 61.2 Å². The van der Waals surface area contributed by atoms with Gasteiger partial charge in [-0.25, -0.2) is 9.97 Å². The summed E-state index contributed by atoms with van der Waals surface area (Å²) in [6, 6.07) is 13.5. The number of aromatic nitrogens is 3. The molecule has 32 heavy (non-hydrogen) atoms. The Morgan fingerprint density at radius 2 is 2.00 bits per heavy atom. The zero-order valence-corrected chi connectivity index (χ0v) is 19.0. The zero-order chi connectivity index (χ0) is 22.3. The lowest BCUT2D eigenvalue weighted by atomic mass is 10.2. The lowest BCUT2D eigenvalue weighted by Crippen LogP contribution is -2.36. The highest BCUT2D eigenvalue weighted by Gasteiger charge is 2.21. The summed E-state index contributed by atoms with van der Waals surface area (Å²) in [5.41, 5.74) is 1.92. The molecule has 0 saturated heterocycles. The van der Waals surface area contributed by atoms with E-state index in [0.717, 1.165) is 34.5 Å². The van der Waals surface area contributed by atoms with Gasteiger partial charge in [0.05, 0.1) is 17.6 Å². The first-order valence-corrected chi connectivity index (χ1v) is 11.4. The van der Waals surface area contributed by atoms with Crippen LogP contribution in [0.25, 0.3) is 10.2 Å². The largest absolute Gasteiger partial charge is 0.492 e. The molecule has 7 nitrogen and oxygen atoms in total. The molecule has 0 saturated carbocycles. The van der Waals surface area contributed by atoms with Crippen LogP contribution in [0.2, 0.25) is 0 Å². The highest BCUT2D eigenvalue weighted by molar-refractivity contribution is 7.22. The Labute approximate surface area is 191 Å². The van der Waals surface area contributed by atoms with Gasteiger partial charge in [0, 0.05) is 25.5 Å². The Hall–Kier alpha value is -3.39. The SMILES string of the molecule is CCOc1cccc2sc(N(CCCn3ccnc3)C(=O)COc3ccc(C)cc3)nc12. The van der Waals surface area contributed by atoms with Crippen molar-refractivity contribution in [2.75, 3.05) is 24.7 Å². The van der Waals surface area contributed by atoms with Crippen LogP contribution in [-0.4, -0.2) is 40.2 Å². The second-order valence-electron chi connectivity index (χ2n) is 7.33. The first kappa shape index (κ1) is 21.8. The number of carbonyl (C=O) groups excluding carboxylic acids is 1. The van der Waals surface area contributed by atoms with E-state index in [2.05, 4.69) is 4.98 Å². The van der Waals surface area contributed by atoms with E-state index < -0.39 is 0 Å². The monoisotopic (exact) mass is 450 g/mol. The maximum Gasteiger partial charge on any atom is 0.266 e. The predicted molar refractivity (Wildman–Crippen MR) is 127 cm³/mol. The van der Waals surface area contributed by atoms with Gasteiger partial charge >= 0.3 is 0 Å². The van der Waals surface area contributed by atoms with Crippen molar-refractivity contribution in [3.8, 4) is 11.5 Å². The van der Waals surface area contributed by atoms with Crippen molar-refractivity contribution >= 4 is 32.6 Å². The van der Waals surface area contributed by atoms with Gasteiger partial charge < -0.3 is 14.0 Å². The van der Waals surface area contributed by atoms with Crippen molar-refractivity contribution in [1.29, 1.82) is 0 Å². The highest BCUT2D eigenvalue weighted by Crippen LogP contribution is 2.34. The molecule has 1 amide bonds. The number of hydrogen-bond acceptors (Lipinski definition) is 6. The Balaban J connectivity index is 1.53. The fraction of sp³-hybridized carbons (Fsp3) is 0.292. The normalized spacial score (nSPS) is 10.9. The molecule has 4 rings (SSSR count). The smallest absolute Gasteiger partial charge is 0.266 e. The Morgan fingerprint density at radius 1 is 1.16 bits per heavy atom. The van der Waals surface area contributed by atoms with E-state index in [4.69, 9.17) is 14.5 Å². The first-order chi connectivity index (χ1) is 15.6. The summed E-state index contributed by atoms with van der Waals surface area (Å²) >= 11 is 1.48. The van der Waals surface area contributed by atoms with Crippen LogP contribution in [0.1, 0.15) is 18.9 Å². The van der Waals surface area contributed by atoms with E-state index in [0.29, 0.717) is 24.0 Å². The number of benzene rings is 2. The number of fused-ring (bicyclic) bond motifs is 1. The average molecular weight is 451 g/mol. The molecular formula is C24H26N4O3S. The first-order valence-electron chi connectivity index (χ1n) is 10.6. The van der Waals surface area contributed by atoms with Gasteiger partial charge in [0.1, 0.15) is 17.0 Å². The fourth-order valence-electron chi connectivity index (χ4n) is 3.31. The number of amides is 1. The summed E-state index contributed by atoms with van der Waals surface area (Å²) in [6.45, 7) is 5.75. The van der Waals surface area contributed by atoms with E-state index in [1.54, 1.807) is 17.4 Å². The second kappa shape index (κ2) is 10.3. The minimum Gasteiger partial charge on any atom is -0.492 e. The van der Waals surface area contributed by atoms with Gasteiger partial charge in [-0.3, -0.25) is 9.69 Å². The molecule has 166 valence electrons. The topological polar surface area (TPSA) is 69.5 Å². The average Bonchev–Trinajstić information content (AvgIpc) is 3.47. The molecule has 2 aromatic heterocycles. The zero-order valence-electron chi connectivity index (χ0n) is 18.2. The van der Waals surface area contributed by atoms with Gasteiger partial charge in [0.2, 0.25) is 0 Å². The summed E-state index contributed by atoms with van der Waals surface area (Å²) in [5.74, 6) is 1.27. The van der Waals surface area contributed by atoms with Crippen molar-refractivity contribution in [1.82, 2.24) is 14.5 Å². The Bertz CT molecular complexity index is 1160. The molecule has 0 unspecified atom stereocenters. The van der Waals surface area contributed by atoms with Crippen LogP contribution in [0.4, 0.5) is 5.13 Å². The van der Waals surface area contributed by atoms with Crippen LogP contribution in [-0.2, 0) is 11.3 Å². The molecule has 0 atom stereocenters. The molecule has 2 aromatic carbocycles. The van der Waals surface area contributed by atoms with Crippen molar-refractivity contribution in [3.63, 3.8) is 0 Å². The minimum atomic E-state index is -0.131. The molecule has 0 aliphatic carbocycles. The number of rotatable bonds is 10. The molecule has 0 N–H and O–H groups in total. The molecule has 0 spiro atoms. The summed E-state index contributed by atoms with van der Waals surface area (Å²) in [6.07, 6.45) is 6.21. The van der Waals surface area contributed by atoms with Gasteiger partial charge in [-0.1, -0.05) is 35.1 Å². The molecule has 0 fully saturated rings. The number of hydrogen-bond donors (Lipinski definition) is 0. The van der Waals surface area contributed by atoms with E-state index in [9.17, 15) is 4.79 Å². The number of ether oxygens (including phenoxy) is 2. The number of nitrogens with zero attached hydrogens (tertiary/aromatic N) is 4. The van der Waals surface area contributed by atoms with Gasteiger partial charge in [-0.2, -0.15) is 0 Å². The predicted octanol–water partition coefficient (Wildman–Crippen LogP) is 4.70. The summed E-state index contributed by atoms with van der Waals surface area (Å²) < 4.78 is 14.5. The molecule has 0 bridgehead atoms. The van der Waals surface area contributed by atoms with Gasteiger partial charge in [0.15, 0.2) is 11.7 Å². The van der Waals surface area contributed by atoms with Crippen molar-refractivity contribution < 1.29 is 14.3 Å². The maximum atomic E-state index is 13.2. The summed E-state index contributed by atoms with van der Waals surface area (Å²) in [7, 11) is 0. The number of para-hydroxylation sites is 1. The molecule has 0 aliphatic rings. The van der Waals surface area contributed by atoms with Crippen LogP contribution >= 0.6 is 11.3 Å².